The zero-order chi connectivity index (χ0) is 17.2. The second kappa shape index (κ2) is 6.57. The third-order valence-corrected chi connectivity index (χ3v) is 4.55. The Morgan fingerprint density at radius 2 is 1.84 bits per heavy atom. The molecule has 0 spiro atoms. The Morgan fingerprint density at radius 1 is 1.04 bits per heavy atom. The predicted octanol–water partition coefficient (Wildman–Crippen LogP) is 4.77. The van der Waals surface area contributed by atoms with Gasteiger partial charge < -0.3 is 8.83 Å². The Kier molecular flexibility index (Phi) is 4.11. The molecule has 0 radical (unpaired) electrons. The summed E-state index contributed by atoms with van der Waals surface area (Å²) in [4.78, 5) is 12.3. The van der Waals surface area contributed by atoms with Gasteiger partial charge in [-0.3, -0.25) is 4.79 Å². The van der Waals surface area contributed by atoms with Crippen LogP contribution in [0.25, 0.3) is 22.4 Å². The number of furan rings is 1. The van der Waals surface area contributed by atoms with Crippen molar-refractivity contribution in [3.63, 3.8) is 0 Å². The smallest absolute Gasteiger partial charge is 0.277 e. The fourth-order valence-corrected chi connectivity index (χ4v) is 3.03. The van der Waals surface area contributed by atoms with Gasteiger partial charge in [0, 0.05) is 10.9 Å². The lowest BCUT2D eigenvalue weighted by Gasteiger charge is -1.96. The number of benzene rings is 2. The summed E-state index contributed by atoms with van der Waals surface area (Å²) in [5, 5.41) is 9.29. The summed E-state index contributed by atoms with van der Waals surface area (Å²) in [6, 6.07) is 17.1. The number of hydrogen-bond donors (Lipinski definition) is 0. The zero-order valence-electron chi connectivity index (χ0n) is 13.4. The maximum Gasteiger partial charge on any atom is 0.277 e. The number of thioether (sulfide) groups is 1. The standard InChI is InChI=1S/C19H14N2O3S/c1-12-6-8-13(9-7-12)18-20-21-19(24-18)25-11-15(22)17-10-14-4-2-3-5-16(14)23-17/h2-10H,11H2,1H3. The minimum Gasteiger partial charge on any atom is -0.453 e. The van der Waals surface area contributed by atoms with Crippen molar-refractivity contribution in [2.45, 2.75) is 12.1 Å². The quantitative estimate of drug-likeness (QED) is 0.381. The van der Waals surface area contributed by atoms with E-state index in [1.165, 1.54) is 11.8 Å². The Hall–Kier alpha value is -2.86. The number of ketones is 1. The summed E-state index contributed by atoms with van der Waals surface area (Å²) < 4.78 is 11.2. The Balaban J connectivity index is 1.44. The van der Waals surface area contributed by atoms with E-state index in [4.69, 9.17) is 8.83 Å². The zero-order valence-corrected chi connectivity index (χ0v) is 14.2. The molecule has 0 fully saturated rings. The van der Waals surface area contributed by atoms with Crippen LogP contribution in [-0.2, 0) is 0 Å². The average molecular weight is 350 g/mol. The molecule has 2 aromatic carbocycles. The number of aromatic nitrogens is 2. The molecule has 0 aliphatic carbocycles. The van der Waals surface area contributed by atoms with Crippen LogP contribution < -0.4 is 0 Å². The first kappa shape index (κ1) is 15.7. The van der Waals surface area contributed by atoms with E-state index in [1.807, 2.05) is 55.5 Å². The molecule has 0 saturated carbocycles. The number of hydrogen-bond acceptors (Lipinski definition) is 6. The first-order chi connectivity index (χ1) is 12.2. The van der Waals surface area contributed by atoms with E-state index in [-0.39, 0.29) is 11.5 Å². The van der Waals surface area contributed by atoms with E-state index in [0.717, 1.165) is 16.5 Å². The van der Waals surface area contributed by atoms with Gasteiger partial charge in [-0.1, -0.05) is 47.7 Å². The van der Waals surface area contributed by atoms with Crippen molar-refractivity contribution in [1.29, 1.82) is 0 Å². The Bertz CT molecular complexity index is 1000. The van der Waals surface area contributed by atoms with Crippen LogP contribution in [0.4, 0.5) is 0 Å². The number of Topliss-reactive ketones (excluding diaryl/α,β-unsaturated/α-hetero) is 1. The normalized spacial score (nSPS) is 11.1. The molecular formula is C19H14N2O3S. The van der Waals surface area contributed by atoms with Crippen LogP contribution in [0.2, 0.25) is 0 Å². The molecule has 25 heavy (non-hydrogen) atoms. The van der Waals surface area contributed by atoms with Gasteiger partial charge in [0.15, 0.2) is 5.76 Å². The summed E-state index contributed by atoms with van der Waals surface area (Å²) in [6.45, 7) is 2.02. The molecular weight excluding hydrogens is 336 g/mol. The van der Waals surface area contributed by atoms with Crippen LogP contribution in [0.3, 0.4) is 0 Å². The number of carbonyl (C=O) groups is 1. The van der Waals surface area contributed by atoms with Crippen molar-refractivity contribution in [1.82, 2.24) is 10.2 Å². The molecule has 124 valence electrons. The van der Waals surface area contributed by atoms with E-state index in [1.54, 1.807) is 6.07 Å². The number of carbonyl (C=O) groups excluding carboxylic acids is 1. The highest BCUT2D eigenvalue weighted by molar-refractivity contribution is 7.99. The number of para-hydroxylation sites is 1. The molecule has 0 saturated heterocycles. The monoisotopic (exact) mass is 350 g/mol. The molecule has 0 aliphatic rings. The van der Waals surface area contributed by atoms with Gasteiger partial charge in [0.1, 0.15) is 5.58 Å². The van der Waals surface area contributed by atoms with Gasteiger partial charge in [0.25, 0.3) is 5.22 Å². The van der Waals surface area contributed by atoms with Crippen LogP contribution in [0.1, 0.15) is 16.1 Å². The number of fused-ring (bicyclic) bond motifs is 1. The summed E-state index contributed by atoms with van der Waals surface area (Å²) in [6.07, 6.45) is 0. The highest BCUT2D eigenvalue weighted by Crippen LogP contribution is 2.25. The molecule has 0 unspecified atom stereocenters. The van der Waals surface area contributed by atoms with Gasteiger partial charge in [-0.25, -0.2) is 0 Å². The van der Waals surface area contributed by atoms with E-state index < -0.39 is 0 Å². The fourth-order valence-electron chi connectivity index (χ4n) is 2.40. The number of rotatable bonds is 5. The Labute approximate surface area is 148 Å². The highest BCUT2D eigenvalue weighted by Gasteiger charge is 2.15. The molecule has 6 heteroatoms. The minimum atomic E-state index is -0.115. The molecule has 2 heterocycles. The number of aryl methyl sites for hydroxylation is 1. The molecule has 0 amide bonds. The summed E-state index contributed by atoms with van der Waals surface area (Å²) in [5.41, 5.74) is 2.72. The van der Waals surface area contributed by atoms with Crippen LogP contribution in [0, 0.1) is 6.92 Å². The van der Waals surface area contributed by atoms with Crippen molar-refractivity contribution >= 4 is 28.5 Å². The lowest BCUT2D eigenvalue weighted by atomic mass is 10.1. The van der Waals surface area contributed by atoms with Crippen molar-refractivity contribution in [2.24, 2.45) is 0 Å². The first-order valence-corrected chi connectivity index (χ1v) is 8.73. The second-order valence-corrected chi connectivity index (χ2v) is 6.53. The first-order valence-electron chi connectivity index (χ1n) is 7.74. The van der Waals surface area contributed by atoms with E-state index in [2.05, 4.69) is 10.2 Å². The molecule has 2 aromatic heterocycles. The van der Waals surface area contributed by atoms with E-state index in [0.29, 0.717) is 22.5 Å². The molecule has 0 aliphatic heterocycles. The predicted molar refractivity (Wildman–Crippen MR) is 95.7 cm³/mol. The summed E-state index contributed by atoms with van der Waals surface area (Å²) in [7, 11) is 0. The lowest BCUT2D eigenvalue weighted by molar-refractivity contribution is 0.0994. The Morgan fingerprint density at radius 3 is 2.64 bits per heavy atom. The highest BCUT2D eigenvalue weighted by atomic mass is 32.2. The van der Waals surface area contributed by atoms with Crippen molar-refractivity contribution in [3.8, 4) is 11.5 Å². The van der Waals surface area contributed by atoms with Crippen LogP contribution >= 0.6 is 11.8 Å². The summed E-state index contributed by atoms with van der Waals surface area (Å²) in [5.74, 6) is 0.844. The van der Waals surface area contributed by atoms with Crippen molar-refractivity contribution in [2.75, 3.05) is 5.75 Å². The fraction of sp³-hybridized carbons (Fsp3) is 0.105. The largest absolute Gasteiger partial charge is 0.453 e. The molecule has 0 N–H and O–H groups in total. The van der Waals surface area contributed by atoms with Gasteiger partial charge in [0.05, 0.1) is 5.75 Å². The van der Waals surface area contributed by atoms with Gasteiger partial charge in [-0.2, -0.15) is 0 Å². The molecule has 5 nitrogen and oxygen atoms in total. The molecule has 0 bridgehead atoms. The molecule has 4 aromatic rings. The maximum atomic E-state index is 12.3. The maximum absolute atomic E-state index is 12.3. The third kappa shape index (κ3) is 3.34. The minimum absolute atomic E-state index is 0.115. The van der Waals surface area contributed by atoms with Gasteiger partial charge in [-0.05, 0) is 31.2 Å². The van der Waals surface area contributed by atoms with Gasteiger partial charge >= 0.3 is 0 Å². The van der Waals surface area contributed by atoms with E-state index >= 15 is 0 Å². The van der Waals surface area contributed by atoms with Gasteiger partial charge in [-0.15, -0.1) is 10.2 Å². The van der Waals surface area contributed by atoms with Crippen LogP contribution in [0.15, 0.2) is 68.7 Å². The average Bonchev–Trinajstić information content (AvgIpc) is 3.27. The van der Waals surface area contributed by atoms with E-state index in [9.17, 15) is 4.79 Å². The SMILES string of the molecule is Cc1ccc(-c2nnc(SCC(=O)c3cc4ccccc4o3)o2)cc1. The topological polar surface area (TPSA) is 69.1 Å². The molecule has 4 rings (SSSR count). The van der Waals surface area contributed by atoms with Crippen LogP contribution in [-0.4, -0.2) is 21.7 Å². The van der Waals surface area contributed by atoms with Crippen LogP contribution in [0.5, 0.6) is 0 Å². The molecule has 0 atom stereocenters. The summed E-state index contributed by atoms with van der Waals surface area (Å²) >= 11 is 1.20. The van der Waals surface area contributed by atoms with Crippen molar-refractivity contribution in [3.05, 3.63) is 65.9 Å². The van der Waals surface area contributed by atoms with Gasteiger partial charge in [0.2, 0.25) is 11.7 Å². The van der Waals surface area contributed by atoms with Crippen molar-refractivity contribution < 1.29 is 13.6 Å². The lowest BCUT2D eigenvalue weighted by Crippen LogP contribution is -2.00. The third-order valence-electron chi connectivity index (χ3n) is 3.73. The second-order valence-electron chi connectivity index (χ2n) is 5.60. The number of nitrogens with zero attached hydrogens (tertiary/aromatic N) is 2.